The molecule has 1 fully saturated rings. The lowest BCUT2D eigenvalue weighted by molar-refractivity contribution is -0.0410. The fourth-order valence-electron chi connectivity index (χ4n) is 1.07. The van der Waals surface area contributed by atoms with E-state index in [1.807, 2.05) is 0 Å². The third kappa shape index (κ3) is 3.25. The Morgan fingerprint density at radius 3 is 2.13 bits per heavy atom. The van der Waals surface area contributed by atoms with Crippen molar-refractivity contribution in [2.24, 2.45) is 0 Å². The molecule has 0 aliphatic carbocycles. The summed E-state index contributed by atoms with van der Waals surface area (Å²) >= 11 is 0. The molecule has 90 valence electrons. The van der Waals surface area contributed by atoms with Gasteiger partial charge < -0.3 is 0 Å². The van der Waals surface area contributed by atoms with Crippen LogP contribution in [0.3, 0.4) is 0 Å². The van der Waals surface area contributed by atoms with Crippen LogP contribution in [0.5, 0.6) is 0 Å². The Labute approximate surface area is 88.5 Å². The van der Waals surface area contributed by atoms with Crippen molar-refractivity contribution in [3.05, 3.63) is 0 Å². The van der Waals surface area contributed by atoms with Gasteiger partial charge in [-0.15, -0.1) is 0 Å². The van der Waals surface area contributed by atoms with Crippen LogP contribution in [0.25, 0.3) is 0 Å². The minimum absolute atomic E-state index is 0.0533. The molecule has 0 spiro atoms. The Morgan fingerprint density at radius 1 is 1.27 bits per heavy atom. The summed E-state index contributed by atoms with van der Waals surface area (Å²) in [6.45, 7) is 0. The van der Waals surface area contributed by atoms with E-state index in [0.717, 1.165) is 0 Å². The molecule has 10 heteroatoms. The SMILES string of the molecule is O=S1(=O)CCC(SS(=O)(=O)C(F)(F)F)C1. The number of sulfone groups is 1. The van der Waals surface area contributed by atoms with Gasteiger partial charge in [-0.1, -0.05) is 0 Å². The van der Waals surface area contributed by atoms with Gasteiger partial charge in [-0.3, -0.25) is 0 Å². The van der Waals surface area contributed by atoms with Gasteiger partial charge in [0.1, 0.15) is 0 Å². The van der Waals surface area contributed by atoms with E-state index in [9.17, 15) is 30.0 Å². The molecule has 4 nitrogen and oxygen atoms in total. The molecule has 0 aromatic carbocycles. The molecule has 0 N–H and O–H groups in total. The van der Waals surface area contributed by atoms with E-state index in [2.05, 4.69) is 0 Å². The molecule has 0 bridgehead atoms. The minimum Gasteiger partial charge on any atom is -0.229 e. The monoisotopic (exact) mass is 284 g/mol. The lowest BCUT2D eigenvalue weighted by Gasteiger charge is -2.10. The van der Waals surface area contributed by atoms with Crippen LogP contribution < -0.4 is 0 Å². The minimum atomic E-state index is -5.33. The number of rotatable bonds is 2. The van der Waals surface area contributed by atoms with Crippen molar-refractivity contribution in [2.75, 3.05) is 11.5 Å². The highest BCUT2D eigenvalue weighted by atomic mass is 33.1. The highest BCUT2D eigenvalue weighted by molar-refractivity contribution is 8.72. The number of halogens is 3. The van der Waals surface area contributed by atoms with Crippen LogP contribution in [0.4, 0.5) is 13.2 Å². The first-order valence-electron chi connectivity index (χ1n) is 3.73. The summed E-state index contributed by atoms with van der Waals surface area (Å²) in [5.74, 6) is -0.759. The Morgan fingerprint density at radius 2 is 1.80 bits per heavy atom. The Kier molecular flexibility index (Phi) is 3.33. The van der Waals surface area contributed by atoms with Crippen LogP contribution in [0.1, 0.15) is 6.42 Å². The van der Waals surface area contributed by atoms with Gasteiger partial charge in [0.15, 0.2) is 9.84 Å². The maximum atomic E-state index is 11.9. The molecule has 1 unspecified atom stereocenters. The van der Waals surface area contributed by atoms with Crippen LogP contribution >= 0.6 is 10.8 Å². The summed E-state index contributed by atoms with van der Waals surface area (Å²) in [4.78, 5) is 0. The zero-order valence-corrected chi connectivity index (χ0v) is 9.64. The quantitative estimate of drug-likeness (QED) is 0.700. The lowest BCUT2D eigenvalue weighted by Crippen LogP contribution is -2.22. The molecule has 1 atom stereocenters. The lowest BCUT2D eigenvalue weighted by atomic mass is 10.4. The third-order valence-corrected chi connectivity index (χ3v) is 7.35. The van der Waals surface area contributed by atoms with Crippen LogP contribution in [0, 0.1) is 0 Å². The van der Waals surface area contributed by atoms with Gasteiger partial charge in [0.25, 0.3) is 8.87 Å². The van der Waals surface area contributed by atoms with E-state index < -0.39 is 35.2 Å². The fourth-order valence-corrected chi connectivity index (χ4v) is 6.48. The highest BCUT2D eigenvalue weighted by Gasteiger charge is 2.48. The predicted octanol–water partition coefficient (Wildman–Crippen LogP) is 0.756. The van der Waals surface area contributed by atoms with E-state index in [0.29, 0.717) is 0 Å². The van der Waals surface area contributed by atoms with Gasteiger partial charge in [0.2, 0.25) is 0 Å². The average molecular weight is 284 g/mol. The second-order valence-electron chi connectivity index (χ2n) is 3.02. The molecule has 1 rings (SSSR count). The zero-order valence-electron chi connectivity index (χ0n) is 7.19. The molecule has 0 radical (unpaired) electrons. The number of alkyl halides is 3. The average Bonchev–Trinajstić information content (AvgIpc) is 2.26. The van der Waals surface area contributed by atoms with Gasteiger partial charge in [0, 0.05) is 5.25 Å². The molecule has 1 heterocycles. The van der Waals surface area contributed by atoms with E-state index in [1.165, 1.54) is 0 Å². The van der Waals surface area contributed by atoms with Crippen LogP contribution in [0.15, 0.2) is 0 Å². The van der Waals surface area contributed by atoms with Crippen molar-refractivity contribution in [2.45, 2.75) is 17.2 Å². The summed E-state index contributed by atoms with van der Waals surface area (Å²) in [5.41, 5.74) is -5.33. The summed E-state index contributed by atoms with van der Waals surface area (Å²) in [6.07, 6.45) is -0.0533. The summed E-state index contributed by atoms with van der Waals surface area (Å²) in [7, 11) is -8.96. The molecule has 0 saturated carbocycles. The first kappa shape index (κ1) is 13.1. The van der Waals surface area contributed by atoms with Gasteiger partial charge in [0.05, 0.1) is 11.5 Å². The van der Waals surface area contributed by atoms with E-state index in [-0.39, 0.29) is 23.0 Å². The smallest absolute Gasteiger partial charge is 0.229 e. The van der Waals surface area contributed by atoms with Crippen LogP contribution in [0.2, 0.25) is 0 Å². The van der Waals surface area contributed by atoms with Crippen molar-refractivity contribution >= 4 is 29.5 Å². The number of hydrogen-bond acceptors (Lipinski definition) is 5. The summed E-state index contributed by atoms with van der Waals surface area (Å²) < 4.78 is 78.9. The fraction of sp³-hybridized carbons (Fsp3) is 1.00. The molecule has 1 aliphatic heterocycles. The Hall–Kier alpha value is 0.0400. The second kappa shape index (κ2) is 3.81. The summed E-state index contributed by atoms with van der Waals surface area (Å²) in [6, 6.07) is 0. The largest absolute Gasteiger partial charge is 0.507 e. The Bertz CT molecular complexity index is 435. The van der Waals surface area contributed by atoms with Crippen molar-refractivity contribution in [1.82, 2.24) is 0 Å². The normalized spacial score (nSPS) is 26.7. The standard InChI is InChI=1S/C5H7F3O4S3/c6-5(7,8)15(11,12)13-4-1-2-14(9,10)3-4/h4H,1-3H2. The highest BCUT2D eigenvalue weighted by Crippen LogP contribution is 2.38. The number of hydrogen-bond donors (Lipinski definition) is 0. The van der Waals surface area contributed by atoms with E-state index >= 15 is 0 Å². The van der Waals surface area contributed by atoms with Gasteiger partial charge in [-0.2, -0.15) is 13.2 Å². The van der Waals surface area contributed by atoms with Crippen molar-refractivity contribution in [3.8, 4) is 0 Å². The van der Waals surface area contributed by atoms with Crippen molar-refractivity contribution in [1.29, 1.82) is 0 Å². The van der Waals surface area contributed by atoms with Crippen LogP contribution in [-0.2, 0) is 18.7 Å². The topological polar surface area (TPSA) is 68.3 Å². The van der Waals surface area contributed by atoms with Gasteiger partial charge >= 0.3 is 5.51 Å². The van der Waals surface area contributed by atoms with E-state index in [1.54, 1.807) is 0 Å². The molecule has 0 aromatic heterocycles. The maximum absolute atomic E-state index is 11.9. The molecule has 1 aliphatic rings. The van der Waals surface area contributed by atoms with Crippen molar-refractivity contribution in [3.63, 3.8) is 0 Å². The predicted molar refractivity (Wildman–Crippen MR) is 49.6 cm³/mol. The van der Waals surface area contributed by atoms with Crippen molar-refractivity contribution < 1.29 is 30.0 Å². The third-order valence-electron chi connectivity index (χ3n) is 1.74. The van der Waals surface area contributed by atoms with Crippen LogP contribution in [-0.4, -0.2) is 39.1 Å². The second-order valence-corrected chi connectivity index (χ2v) is 9.37. The molecular formula is C5H7F3O4S3. The van der Waals surface area contributed by atoms with Gasteiger partial charge in [-0.05, 0) is 17.2 Å². The molecule has 1 saturated heterocycles. The molecular weight excluding hydrogens is 277 g/mol. The Balaban J connectivity index is 2.74. The summed E-state index contributed by atoms with van der Waals surface area (Å²) in [5, 5.41) is -1.01. The zero-order chi connectivity index (χ0) is 11.9. The molecule has 0 amide bonds. The molecule has 15 heavy (non-hydrogen) atoms. The first-order valence-corrected chi connectivity index (χ1v) is 8.43. The first-order chi connectivity index (χ1) is 6.54. The maximum Gasteiger partial charge on any atom is 0.507 e. The van der Waals surface area contributed by atoms with E-state index in [4.69, 9.17) is 0 Å². The molecule has 0 aromatic rings. The van der Waals surface area contributed by atoms with Gasteiger partial charge in [-0.25, -0.2) is 16.8 Å².